The van der Waals surface area contributed by atoms with E-state index in [2.05, 4.69) is 4.90 Å². The van der Waals surface area contributed by atoms with E-state index in [0.717, 1.165) is 43.2 Å². The SMILES string of the molecule is COC(=O)[C@]12CC[C@@]1(C(=O)OC)[C@@H](c1ccccc1)N(C1CCCCC1)[C@H]2C(=O)c1ccc(C)cc1. The number of ether oxygens (including phenoxy) is 2. The second-order valence-electron chi connectivity index (χ2n) is 10.6. The van der Waals surface area contributed by atoms with Gasteiger partial charge in [-0.05, 0) is 38.2 Å². The number of hydrogen-bond donors (Lipinski definition) is 0. The van der Waals surface area contributed by atoms with Gasteiger partial charge in [0.1, 0.15) is 10.8 Å². The molecule has 6 nitrogen and oxygen atoms in total. The molecule has 2 aliphatic carbocycles. The monoisotopic (exact) mass is 489 g/mol. The third-order valence-electron chi connectivity index (χ3n) is 9.03. The predicted molar refractivity (Wildman–Crippen MR) is 135 cm³/mol. The minimum absolute atomic E-state index is 0.0806. The number of fused-ring (bicyclic) bond motifs is 1. The number of likely N-dealkylation sites (tertiary alicyclic amines) is 1. The van der Waals surface area contributed by atoms with Crippen LogP contribution < -0.4 is 0 Å². The van der Waals surface area contributed by atoms with Crippen LogP contribution in [0.4, 0.5) is 0 Å². The fourth-order valence-corrected chi connectivity index (χ4v) is 7.37. The van der Waals surface area contributed by atoms with Crippen LogP contribution >= 0.6 is 0 Å². The summed E-state index contributed by atoms with van der Waals surface area (Å²) in [5.41, 5.74) is 0.0298. The molecule has 0 amide bonds. The number of esters is 2. The Bertz CT molecular complexity index is 1140. The summed E-state index contributed by atoms with van der Waals surface area (Å²) in [4.78, 5) is 44.3. The van der Waals surface area contributed by atoms with Crippen molar-refractivity contribution >= 4 is 17.7 Å². The number of benzene rings is 2. The van der Waals surface area contributed by atoms with Crippen molar-refractivity contribution in [3.05, 3.63) is 71.3 Å². The Kier molecular flexibility index (Phi) is 6.50. The summed E-state index contributed by atoms with van der Waals surface area (Å²) in [5, 5.41) is 0. The summed E-state index contributed by atoms with van der Waals surface area (Å²) in [5.74, 6) is -1.06. The Morgan fingerprint density at radius 2 is 1.39 bits per heavy atom. The number of nitrogens with zero attached hydrogens (tertiary/aromatic N) is 1. The van der Waals surface area contributed by atoms with E-state index in [0.29, 0.717) is 18.4 Å². The van der Waals surface area contributed by atoms with Crippen LogP contribution in [0.15, 0.2) is 54.6 Å². The van der Waals surface area contributed by atoms with Gasteiger partial charge in [-0.1, -0.05) is 79.4 Å². The fraction of sp³-hybridized carbons (Fsp3) is 0.500. The quantitative estimate of drug-likeness (QED) is 0.418. The third-order valence-corrected chi connectivity index (χ3v) is 9.03. The first-order valence-corrected chi connectivity index (χ1v) is 13.0. The van der Waals surface area contributed by atoms with Gasteiger partial charge in [-0.15, -0.1) is 0 Å². The molecular weight excluding hydrogens is 454 g/mol. The maximum atomic E-state index is 14.5. The highest BCUT2D eigenvalue weighted by atomic mass is 16.5. The Hall–Kier alpha value is -2.99. The molecule has 0 N–H and O–H groups in total. The van der Waals surface area contributed by atoms with Crippen molar-refractivity contribution in [2.45, 2.75) is 70.0 Å². The van der Waals surface area contributed by atoms with Crippen LogP contribution in [0.2, 0.25) is 0 Å². The van der Waals surface area contributed by atoms with Crippen molar-refractivity contribution in [2.24, 2.45) is 10.8 Å². The van der Waals surface area contributed by atoms with E-state index >= 15 is 0 Å². The molecule has 3 aliphatic rings. The summed E-state index contributed by atoms with van der Waals surface area (Å²) in [7, 11) is 2.73. The lowest BCUT2D eigenvalue weighted by atomic mass is 9.45. The minimum atomic E-state index is -1.31. The predicted octanol–water partition coefficient (Wildman–Crippen LogP) is 5.05. The summed E-state index contributed by atoms with van der Waals surface area (Å²) in [6.07, 6.45) is 6.00. The highest BCUT2D eigenvalue weighted by Gasteiger charge is 2.83. The Morgan fingerprint density at radius 1 is 0.806 bits per heavy atom. The van der Waals surface area contributed by atoms with Crippen LogP contribution in [0.5, 0.6) is 0 Å². The van der Waals surface area contributed by atoms with Crippen molar-refractivity contribution in [3.63, 3.8) is 0 Å². The smallest absolute Gasteiger partial charge is 0.315 e. The molecule has 0 unspecified atom stereocenters. The lowest BCUT2D eigenvalue weighted by Gasteiger charge is -2.53. The van der Waals surface area contributed by atoms with E-state index in [4.69, 9.17) is 9.47 Å². The van der Waals surface area contributed by atoms with Gasteiger partial charge in [-0.3, -0.25) is 19.3 Å². The van der Waals surface area contributed by atoms with Crippen LogP contribution in [0.1, 0.15) is 72.5 Å². The Labute approximate surface area is 213 Å². The van der Waals surface area contributed by atoms with Gasteiger partial charge in [0.2, 0.25) is 0 Å². The lowest BCUT2D eigenvalue weighted by Crippen LogP contribution is -2.64. The fourth-order valence-electron chi connectivity index (χ4n) is 7.37. The van der Waals surface area contributed by atoms with Crippen LogP contribution in [0.3, 0.4) is 0 Å². The molecule has 2 aromatic rings. The van der Waals surface area contributed by atoms with Gasteiger partial charge < -0.3 is 9.47 Å². The second kappa shape index (κ2) is 9.47. The molecular formula is C30H35NO5. The van der Waals surface area contributed by atoms with E-state index in [1.165, 1.54) is 14.2 Å². The van der Waals surface area contributed by atoms with Crippen molar-refractivity contribution in [1.82, 2.24) is 4.90 Å². The molecule has 1 heterocycles. The van der Waals surface area contributed by atoms with Crippen molar-refractivity contribution in [3.8, 4) is 0 Å². The van der Waals surface area contributed by atoms with E-state index in [9.17, 15) is 14.4 Å². The van der Waals surface area contributed by atoms with Crippen molar-refractivity contribution in [2.75, 3.05) is 14.2 Å². The molecule has 4 atom stereocenters. The molecule has 5 rings (SSSR count). The van der Waals surface area contributed by atoms with Gasteiger partial charge in [0, 0.05) is 11.6 Å². The molecule has 6 heteroatoms. The lowest BCUT2D eigenvalue weighted by molar-refractivity contribution is -0.193. The standard InChI is InChI=1S/C30H35NO5/c1-20-14-16-21(17-15-20)24(32)26-30(28(34)36-3)19-18-29(30,27(33)35-2)25(22-10-6-4-7-11-22)31(26)23-12-8-5-9-13-23/h4,6-7,10-11,14-17,23,25-26H,5,8-9,12-13,18-19H2,1-3H3/t25-,26+,29+,30-/m1/s1. The summed E-state index contributed by atoms with van der Waals surface area (Å²) >= 11 is 0. The third kappa shape index (κ3) is 3.37. The summed E-state index contributed by atoms with van der Waals surface area (Å²) < 4.78 is 10.8. The van der Waals surface area contributed by atoms with Gasteiger partial charge in [0.05, 0.1) is 26.3 Å². The molecule has 0 spiro atoms. The topological polar surface area (TPSA) is 72.9 Å². The normalized spacial score (nSPS) is 30.2. The molecule has 0 aromatic heterocycles. The number of ketones is 1. The highest BCUT2D eigenvalue weighted by molar-refractivity contribution is 6.07. The molecule has 0 radical (unpaired) electrons. The number of rotatable bonds is 6. The molecule has 2 aromatic carbocycles. The number of hydrogen-bond acceptors (Lipinski definition) is 6. The van der Waals surface area contributed by atoms with Gasteiger partial charge in [0.25, 0.3) is 0 Å². The average Bonchev–Trinajstić information content (AvgIpc) is 3.10. The Morgan fingerprint density at radius 3 is 1.94 bits per heavy atom. The van der Waals surface area contributed by atoms with E-state index in [1.54, 1.807) is 0 Å². The largest absolute Gasteiger partial charge is 0.469 e. The van der Waals surface area contributed by atoms with Crippen LogP contribution in [-0.4, -0.2) is 48.9 Å². The zero-order valence-electron chi connectivity index (χ0n) is 21.4. The molecule has 190 valence electrons. The summed E-state index contributed by atoms with van der Waals surface area (Å²) in [6, 6.07) is 16.2. The zero-order chi connectivity index (χ0) is 25.5. The molecule has 3 fully saturated rings. The second-order valence-corrected chi connectivity index (χ2v) is 10.6. The van der Waals surface area contributed by atoms with Crippen LogP contribution in [-0.2, 0) is 19.1 Å². The van der Waals surface area contributed by atoms with E-state index in [-0.39, 0.29) is 11.8 Å². The molecule has 0 bridgehead atoms. The number of methoxy groups -OCH3 is 2. The molecule has 2 saturated carbocycles. The molecule has 36 heavy (non-hydrogen) atoms. The maximum Gasteiger partial charge on any atom is 0.315 e. The van der Waals surface area contributed by atoms with Crippen LogP contribution in [0.25, 0.3) is 0 Å². The number of carbonyl (C=O) groups is 3. The number of carbonyl (C=O) groups excluding carboxylic acids is 3. The average molecular weight is 490 g/mol. The van der Waals surface area contributed by atoms with Crippen molar-refractivity contribution in [1.29, 1.82) is 0 Å². The van der Waals surface area contributed by atoms with Gasteiger partial charge in [-0.2, -0.15) is 0 Å². The minimum Gasteiger partial charge on any atom is -0.469 e. The van der Waals surface area contributed by atoms with Gasteiger partial charge in [-0.25, -0.2) is 0 Å². The molecule has 1 aliphatic heterocycles. The first-order chi connectivity index (χ1) is 17.4. The number of aryl methyl sites for hydroxylation is 1. The first-order valence-electron chi connectivity index (χ1n) is 13.0. The summed E-state index contributed by atoms with van der Waals surface area (Å²) in [6.45, 7) is 1.98. The molecule has 1 saturated heterocycles. The van der Waals surface area contributed by atoms with E-state index in [1.807, 2.05) is 61.5 Å². The van der Waals surface area contributed by atoms with Crippen LogP contribution in [0, 0.1) is 17.8 Å². The zero-order valence-corrected chi connectivity index (χ0v) is 21.4. The number of Topliss-reactive ketones (excluding diaryl/α,β-unsaturated/α-hetero) is 1. The Balaban J connectivity index is 1.78. The van der Waals surface area contributed by atoms with Gasteiger partial charge in [0.15, 0.2) is 5.78 Å². The maximum absolute atomic E-state index is 14.5. The van der Waals surface area contributed by atoms with Gasteiger partial charge >= 0.3 is 11.9 Å². The highest BCUT2D eigenvalue weighted by Crippen LogP contribution is 2.73. The van der Waals surface area contributed by atoms with E-state index < -0.39 is 34.9 Å². The van der Waals surface area contributed by atoms with Crippen molar-refractivity contribution < 1.29 is 23.9 Å². The first kappa shape index (κ1) is 24.7.